The molecule has 1 amide bonds. The van der Waals surface area contributed by atoms with E-state index in [9.17, 15) is 9.18 Å². The average Bonchev–Trinajstić information content (AvgIpc) is 3.38. The Hall–Kier alpha value is -4.07. The summed E-state index contributed by atoms with van der Waals surface area (Å²) in [5.74, 6) is -0.211. The highest BCUT2D eigenvalue weighted by Gasteiger charge is 2.32. The van der Waals surface area contributed by atoms with E-state index in [1.807, 2.05) is 41.4 Å². The minimum atomic E-state index is -0.315. The summed E-state index contributed by atoms with van der Waals surface area (Å²) in [6.45, 7) is 1.13. The number of rotatable bonds is 5. The minimum absolute atomic E-state index is 0.0466. The van der Waals surface area contributed by atoms with Gasteiger partial charge < -0.3 is 10.6 Å². The molecule has 0 unspecified atom stereocenters. The molecule has 0 spiro atoms. The van der Waals surface area contributed by atoms with Crippen LogP contribution in [-0.2, 0) is 6.54 Å². The van der Waals surface area contributed by atoms with E-state index in [-0.39, 0.29) is 23.7 Å². The molecular formula is C26H25FN6O. The van der Waals surface area contributed by atoms with Crippen LogP contribution in [0.15, 0.2) is 73.2 Å². The van der Waals surface area contributed by atoms with Crippen molar-refractivity contribution in [2.75, 3.05) is 12.3 Å². The lowest BCUT2D eigenvalue weighted by molar-refractivity contribution is 0.0605. The van der Waals surface area contributed by atoms with Gasteiger partial charge in [-0.15, -0.1) is 0 Å². The molecule has 1 aliphatic heterocycles. The molecule has 1 atom stereocenters. The van der Waals surface area contributed by atoms with Gasteiger partial charge >= 0.3 is 0 Å². The van der Waals surface area contributed by atoms with Crippen LogP contribution in [0.5, 0.6) is 0 Å². The van der Waals surface area contributed by atoms with Gasteiger partial charge in [-0.05, 0) is 54.7 Å². The highest BCUT2D eigenvalue weighted by Crippen LogP contribution is 2.37. The molecule has 0 bridgehead atoms. The van der Waals surface area contributed by atoms with Gasteiger partial charge in [-0.2, -0.15) is 5.10 Å². The number of carbonyl (C=O) groups is 1. The van der Waals surface area contributed by atoms with Crippen molar-refractivity contribution in [3.05, 3.63) is 95.8 Å². The Labute approximate surface area is 197 Å². The molecule has 1 aliphatic rings. The first-order valence-corrected chi connectivity index (χ1v) is 11.3. The molecule has 34 heavy (non-hydrogen) atoms. The number of nitrogens with two attached hydrogens (primary N) is 1. The molecule has 3 heterocycles. The third-order valence-corrected chi connectivity index (χ3v) is 6.21. The molecule has 2 aromatic heterocycles. The first-order valence-electron chi connectivity index (χ1n) is 11.3. The van der Waals surface area contributed by atoms with Crippen LogP contribution < -0.4 is 5.73 Å². The maximum atomic E-state index is 13.9. The van der Waals surface area contributed by atoms with Crippen LogP contribution in [0.2, 0.25) is 0 Å². The number of hydrogen-bond donors (Lipinski definition) is 1. The van der Waals surface area contributed by atoms with Crippen molar-refractivity contribution in [1.29, 1.82) is 0 Å². The van der Waals surface area contributed by atoms with Gasteiger partial charge in [-0.1, -0.05) is 30.3 Å². The number of likely N-dealkylation sites (tertiary alicyclic amines) is 1. The number of halogens is 1. The molecule has 1 saturated heterocycles. The van der Waals surface area contributed by atoms with Gasteiger partial charge in [-0.3, -0.25) is 9.48 Å². The van der Waals surface area contributed by atoms with Gasteiger partial charge in [-0.25, -0.2) is 14.4 Å². The van der Waals surface area contributed by atoms with Crippen LogP contribution in [-0.4, -0.2) is 37.1 Å². The Morgan fingerprint density at radius 3 is 2.71 bits per heavy atom. The smallest absolute Gasteiger partial charge is 0.254 e. The third kappa shape index (κ3) is 4.39. The zero-order valence-electron chi connectivity index (χ0n) is 18.6. The first kappa shape index (κ1) is 21.8. The summed E-state index contributed by atoms with van der Waals surface area (Å²) in [6, 6.07) is 15.4. The number of aromatic nitrogens is 4. The number of nitrogen functional groups attached to an aromatic ring is 1. The summed E-state index contributed by atoms with van der Waals surface area (Å²) in [6.07, 6.45) is 7.91. The summed E-state index contributed by atoms with van der Waals surface area (Å²) in [5.41, 5.74) is 9.76. The van der Waals surface area contributed by atoms with E-state index in [0.29, 0.717) is 24.3 Å². The van der Waals surface area contributed by atoms with Crippen LogP contribution in [0.4, 0.5) is 10.3 Å². The van der Waals surface area contributed by atoms with Gasteiger partial charge in [0.15, 0.2) is 0 Å². The lowest BCUT2D eigenvalue weighted by Gasteiger charge is -2.36. The van der Waals surface area contributed by atoms with Crippen molar-refractivity contribution in [2.24, 2.45) is 0 Å². The van der Waals surface area contributed by atoms with Crippen LogP contribution in [0.3, 0.4) is 0 Å². The highest BCUT2D eigenvalue weighted by atomic mass is 19.1. The number of hydrogen-bond acceptors (Lipinski definition) is 5. The Morgan fingerprint density at radius 2 is 1.91 bits per heavy atom. The third-order valence-electron chi connectivity index (χ3n) is 6.21. The molecule has 0 saturated carbocycles. The van der Waals surface area contributed by atoms with Gasteiger partial charge in [0, 0.05) is 36.3 Å². The van der Waals surface area contributed by atoms with Gasteiger partial charge in [0.05, 0.1) is 18.3 Å². The molecule has 2 N–H and O–H groups in total. The largest absolute Gasteiger partial charge is 0.368 e. The molecular weight excluding hydrogens is 431 g/mol. The maximum absolute atomic E-state index is 13.9. The molecule has 4 aromatic rings. The molecule has 172 valence electrons. The fourth-order valence-corrected chi connectivity index (χ4v) is 4.56. The van der Waals surface area contributed by atoms with E-state index < -0.39 is 0 Å². The lowest BCUT2D eigenvalue weighted by Crippen LogP contribution is -2.39. The van der Waals surface area contributed by atoms with Gasteiger partial charge in [0.1, 0.15) is 5.82 Å². The molecule has 8 heteroatoms. The van der Waals surface area contributed by atoms with E-state index >= 15 is 0 Å². The molecule has 1 fully saturated rings. The Bertz CT molecular complexity index is 1290. The number of carbonyl (C=O) groups excluding carboxylic acids is 1. The topological polar surface area (TPSA) is 89.9 Å². The van der Waals surface area contributed by atoms with E-state index in [2.05, 4.69) is 15.1 Å². The predicted octanol–water partition coefficient (Wildman–Crippen LogP) is 4.48. The van der Waals surface area contributed by atoms with Gasteiger partial charge in [0.2, 0.25) is 5.95 Å². The normalized spacial score (nSPS) is 15.9. The standard InChI is InChI=1S/C26H25FN6O/c27-20-11-9-18(10-12-20)22-16-29-26(28)31-24(22)23-8-3-4-15-33(23)25(34)21-7-2-1-6-19(21)17-32-14-5-13-30-32/h1-2,5-7,9-14,16,23H,3-4,8,15,17H2,(H2,28,29,31)/t23-/m0/s1. The second-order valence-corrected chi connectivity index (χ2v) is 8.40. The highest BCUT2D eigenvalue weighted by molar-refractivity contribution is 5.96. The van der Waals surface area contributed by atoms with Crippen molar-refractivity contribution < 1.29 is 9.18 Å². The van der Waals surface area contributed by atoms with Crippen molar-refractivity contribution >= 4 is 11.9 Å². The fourth-order valence-electron chi connectivity index (χ4n) is 4.56. The van der Waals surface area contributed by atoms with Crippen molar-refractivity contribution in [3.63, 3.8) is 0 Å². The van der Waals surface area contributed by atoms with Crippen molar-refractivity contribution in [1.82, 2.24) is 24.6 Å². The number of nitrogens with zero attached hydrogens (tertiary/aromatic N) is 5. The number of piperidine rings is 1. The minimum Gasteiger partial charge on any atom is -0.368 e. The predicted molar refractivity (Wildman–Crippen MR) is 127 cm³/mol. The van der Waals surface area contributed by atoms with Crippen molar-refractivity contribution in [3.8, 4) is 11.1 Å². The summed E-state index contributed by atoms with van der Waals surface area (Å²) in [7, 11) is 0. The first-order chi connectivity index (χ1) is 16.6. The summed E-state index contributed by atoms with van der Waals surface area (Å²) >= 11 is 0. The Kier molecular flexibility index (Phi) is 6.03. The fraction of sp³-hybridized carbons (Fsp3) is 0.231. The second kappa shape index (κ2) is 9.43. The second-order valence-electron chi connectivity index (χ2n) is 8.40. The number of amides is 1. The molecule has 2 aromatic carbocycles. The molecule has 5 rings (SSSR count). The zero-order valence-corrected chi connectivity index (χ0v) is 18.6. The van der Waals surface area contributed by atoms with Crippen molar-refractivity contribution in [2.45, 2.75) is 31.8 Å². The lowest BCUT2D eigenvalue weighted by atomic mass is 9.92. The van der Waals surface area contributed by atoms with E-state index in [1.165, 1.54) is 12.1 Å². The van der Waals surface area contributed by atoms with Gasteiger partial charge in [0.25, 0.3) is 5.91 Å². The molecule has 7 nitrogen and oxygen atoms in total. The monoisotopic (exact) mass is 456 g/mol. The summed E-state index contributed by atoms with van der Waals surface area (Å²) < 4.78 is 15.3. The Balaban J connectivity index is 1.53. The van der Waals surface area contributed by atoms with Crippen LogP contribution in [0.25, 0.3) is 11.1 Å². The Morgan fingerprint density at radius 1 is 1.09 bits per heavy atom. The van der Waals surface area contributed by atoms with E-state index in [0.717, 1.165) is 36.0 Å². The van der Waals surface area contributed by atoms with Crippen LogP contribution >= 0.6 is 0 Å². The summed E-state index contributed by atoms with van der Waals surface area (Å²) in [5, 5.41) is 4.28. The molecule has 0 aliphatic carbocycles. The van der Waals surface area contributed by atoms with Crippen LogP contribution in [0, 0.1) is 5.82 Å². The van der Waals surface area contributed by atoms with E-state index in [1.54, 1.807) is 29.2 Å². The average molecular weight is 457 g/mol. The van der Waals surface area contributed by atoms with E-state index in [4.69, 9.17) is 5.73 Å². The maximum Gasteiger partial charge on any atom is 0.254 e. The zero-order chi connectivity index (χ0) is 23.5. The SMILES string of the molecule is Nc1ncc(-c2ccc(F)cc2)c([C@@H]2CCCCN2C(=O)c2ccccc2Cn2cccn2)n1. The quantitative estimate of drug-likeness (QED) is 0.478. The summed E-state index contributed by atoms with van der Waals surface area (Å²) in [4.78, 5) is 24.5. The van der Waals surface area contributed by atoms with Crippen LogP contribution in [0.1, 0.15) is 46.9 Å². The molecule has 0 radical (unpaired) electrons. The number of benzene rings is 2. The number of anilines is 1.